The van der Waals surface area contributed by atoms with Crippen LogP contribution in [0.3, 0.4) is 0 Å². The number of nitrogens with one attached hydrogen (secondary N) is 1. The smallest absolute Gasteiger partial charge is 0.338 e. The molecule has 35 heavy (non-hydrogen) atoms. The van der Waals surface area contributed by atoms with E-state index in [0.717, 1.165) is 18.5 Å². The summed E-state index contributed by atoms with van der Waals surface area (Å²) >= 11 is 0. The maximum absolute atomic E-state index is 14.0. The Bertz CT molecular complexity index is 1240. The van der Waals surface area contributed by atoms with Crippen molar-refractivity contribution in [2.24, 2.45) is 0 Å². The summed E-state index contributed by atoms with van der Waals surface area (Å²) in [6.45, 7) is 3.05. The zero-order chi connectivity index (χ0) is 24.5. The molecule has 2 aliphatic heterocycles. The van der Waals surface area contributed by atoms with E-state index in [9.17, 15) is 14.0 Å². The van der Waals surface area contributed by atoms with Crippen LogP contribution in [0.1, 0.15) is 75.2 Å². The molecule has 3 aromatic rings. The lowest BCUT2D eigenvalue weighted by Crippen LogP contribution is -2.33. The Morgan fingerprint density at radius 3 is 2.37 bits per heavy atom. The number of fused-ring (bicyclic) bond motifs is 1. The van der Waals surface area contributed by atoms with Crippen molar-refractivity contribution in [1.29, 1.82) is 0 Å². The first-order valence-corrected chi connectivity index (χ1v) is 12.1. The third-order valence-corrected chi connectivity index (χ3v) is 7.16. The Morgan fingerprint density at radius 1 is 1.03 bits per heavy atom. The number of ketones is 1. The van der Waals surface area contributed by atoms with Crippen LogP contribution in [0, 0.1) is 5.82 Å². The average molecular weight is 473 g/mol. The van der Waals surface area contributed by atoms with Crippen LogP contribution in [0.4, 0.5) is 10.1 Å². The lowest BCUT2D eigenvalue weighted by Gasteiger charge is -2.35. The van der Waals surface area contributed by atoms with Gasteiger partial charge >= 0.3 is 5.97 Å². The molecule has 5 rings (SSSR count). The van der Waals surface area contributed by atoms with Crippen LogP contribution in [0.15, 0.2) is 66.7 Å². The molecule has 1 saturated heterocycles. The summed E-state index contributed by atoms with van der Waals surface area (Å²) in [5.74, 6) is -1.70. The second-order valence-electron chi connectivity index (χ2n) is 9.27. The van der Waals surface area contributed by atoms with E-state index in [1.165, 1.54) is 24.1 Å². The van der Waals surface area contributed by atoms with Crippen molar-refractivity contribution in [3.8, 4) is 0 Å². The van der Waals surface area contributed by atoms with E-state index in [0.29, 0.717) is 22.9 Å². The molecule has 0 aliphatic carbocycles. The number of carbonyl (C=O) groups excluding carboxylic acids is 2. The molecular weight excluding hydrogens is 443 g/mol. The maximum atomic E-state index is 14.0. The third-order valence-electron chi connectivity index (χ3n) is 7.16. The number of Topliss-reactive ketones (excluding diaryl/α,β-unsaturated/α-hetero) is 1. The van der Waals surface area contributed by atoms with Crippen LogP contribution in [-0.2, 0) is 4.74 Å². The minimum Gasteiger partial charge on any atom is -0.462 e. The van der Waals surface area contributed by atoms with Crippen molar-refractivity contribution >= 4 is 17.4 Å². The van der Waals surface area contributed by atoms with Crippen molar-refractivity contribution in [2.75, 3.05) is 25.5 Å². The van der Waals surface area contributed by atoms with Crippen LogP contribution in [0.5, 0.6) is 0 Å². The number of rotatable bonds is 5. The molecule has 5 nitrogen and oxygen atoms in total. The largest absolute Gasteiger partial charge is 0.462 e. The highest BCUT2D eigenvalue weighted by Gasteiger charge is 2.40. The standard InChI is InChI=1S/C29H29FN2O3/c1-3-35-29(34)22-6-4-7-23-26(22)28(33)25(19-13-15-21(30)16-14-19)27(31-23)20-11-9-18(10-12-20)24-8-5-17-32(24)2/h4,6-7,9-16,24-25,27,31H,3,5,8,17H2,1-2H3. The molecule has 0 saturated carbocycles. The number of hydrogen-bond acceptors (Lipinski definition) is 5. The fraction of sp³-hybridized carbons (Fsp3) is 0.310. The molecule has 6 heteroatoms. The van der Waals surface area contributed by atoms with Gasteiger partial charge in [-0.2, -0.15) is 0 Å². The third kappa shape index (κ3) is 4.34. The van der Waals surface area contributed by atoms with E-state index in [4.69, 9.17) is 4.74 Å². The second kappa shape index (κ2) is 9.62. The van der Waals surface area contributed by atoms with Crippen LogP contribution < -0.4 is 5.32 Å². The van der Waals surface area contributed by atoms with Crippen LogP contribution in [-0.4, -0.2) is 36.9 Å². The number of esters is 1. The van der Waals surface area contributed by atoms with Gasteiger partial charge in [-0.05, 0) is 74.3 Å². The van der Waals surface area contributed by atoms with Crippen molar-refractivity contribution in [3.05, 3.63) is 100 Å². The fourth-order valence-electron chi connectivity index (χ4n) is 5.42. The summed E-state index contributed by atoms with van der Waals surface area (Å²) in [5.41, 5.74) is 4.08. The molecule has 1 fully saturated rings. The minimum atomic E-state index is -0.626. The van der Waals surface area contributed by atoms with Crippen molar-refractivity contribution < 1.29 is 18.7 Å². The minimum absolute atomic E-state index is 0.182. The van der Waals surface area contributed by atoms with Gasteiger partial charge in [0.25, 0.3) is 0 Å². The Kier molecular flexibility index (Phi) is 6.39. The van der Waals surface area contributed by atoms with E-state index in [-0.39, 0.29) is 29.8 Å². The van der Waals surface area contributed by atoms with E-state index >= 15 is 0 Å². The van der Waals surface area contributed by atoms with Crippen LogP contribution in [0.2, 0.25) is 0 Å². The molecule has 0 bridgehead atoms. The zero-order valence-electron chi connectivity index (χ0n) is 20.0. The average Bonchev–Trinajstić information content (AvgIpc) is 3.30. The molecule has 0 amide bonds. The molecule has 0 aromatic heterocycles. The second-order valence-corrected chi connectivity index (χ2v) is 9.27. The van der Waals surface area contributed by atoms with E-state index < -0.39 is 11.9 Å². The number of halogens is 1. The number of benzene rings is 3. The number of carbonyl (C=O) groups is 2. The van der Waals surface area contributed by atoms with Gasteiger partial charge in [-0.1, -0.05) is 42.5 Å². The summed E-state index contributed by atoms with van der Waals surface area (Å²) in [6, 6.07) is 19.7. The molecule has 180 valence electrons. The Balaban J connectivity index is 1.57. The van der Waals surface area contributed by atoms with Gasteiger partial charge in [0.2, 0.25) is 0 Å². The normalized spacial score (nSPS) is 21.9. The lowest BCUT2D eigenvalue weighted by atomic mass is 9.77. The molecule has 3 unspecified atom stereocenters. The Labute approximate surface area is 204 Å². The number of hydrogen-bond donors (Lipinski definition) is 1. The van der Waals surface area contributed by atoms with E-state index in [1.54, 1.807) is 31.2 Å². The fourth-order valence-corrected chi connectivity index (χ4v) is 5.42. The summed E-state index contributed by atoms with van der Waals surface area (Å²) in [6.07, 6.45) is 2.33. The topological polar surface area (TPSA) is 58.6 Å². The van der Waals surface area contributed by atoms with Gasteiger partial charge < -0.3 is 10.1 Å². The molecule has 2 heterocycles. The molecule has 1 N–H and O–H groups in total. The molecular formula is C29H29FN2O3. The van der Waals surface area contributed by atoms with Gasteiger partial charge in [0.15, 0.2) is 5.78 Å². The van der Waals surface area contributed by atoms with Crippen molar-refractivity contribution in [2.45, 2.75) is 37.8 Å². The molecule has 0 spiro atoms. The summed E-state index contributed by atoms with van der Waals surface area (Å²) in [4.78, 5) is 29.0. The summed E-state index contributed by atoms with van der Waals surface area (Å²) in [7, 11) is 2.15. The van der Waals surface area contributed by atoms with Gasteiger partial charge in [-0.3, -0.25) is 9.69 Å². The van der Waals surface area contributed by atoms with Gasteiger partial charge in [0.1, 0.15) is 5.82 Å². The van der Waals surface area contributed by atoms with Gasteiger partial charge in [0.05, 0.1) is 29.7 Å². The molecule has 3 atom stereocenters. The molecule has 2 aliphatic rings. The number of likely N-dealkylation sites (tertiary alicyclic amines) is 1. The van der Waals surface area contributed by atoms with Gasteiger partial charge in [0, 0.05) is 11.7 Å². The molecule has 0 radical (unpaired) electrons. The molecule has 3 aromatic carbocycles. The highest BCUT2D eigenvalue weighted by atomic mass is 19.1. The number of ether oxygens (including phenoxy) is 1. The Morgan fingerprint density at radius 2 is 1.71 bits per heavy atom. The first kappa shape index (κ1) is 23.2. The SMILES string of the molecule is CCOC(=O)c1cccc2c1C(=O)C(c1ccc(F)cc1)C(c1ccc(C3CCCN3C)cc1)N2. The predicted molar refractivity (Wildman–Crippen MR) is 133 cm³/mol. The first-order chi connectivity index (χ1) is 17.0. The van der Waals surface area contributed by atoms with Crippen LogP contribution in [0.25, 0.3) is 0 Å². The van der Waals surface area contributed by atoms with Crippen LogP contribution >= 0.6 is 0 Å². The first-order valence-electron chi connectivity index (χ1n) is 12.1. The lowest BCUT2D eigenvalue weighted by molar-refractivity contribution is 0.0522. The maximum Gasteiger partial charge on any atom is 0.338 e. The van der Waals surface area contributed by atoms with Crippen molar-refractivity contribution in [3.63, 3.8) is 0 Å². The van der Waals surface area contributed by atoms with E-state index in [2.05, 4.69) is 41.5 Å². The highest BCUT2D eigenvalue weighted by Crippen LogP contribution is 2.44. The van der Waals surface area contributed by atoms with Gasteiger partial charge in [-0.25, -0.2) is 9.18 Å². The summed E-state index contributed by atoms with van der Waals surface area (Å²) in [5, 5.41) is 3.51. The zero-order valence-corrected chi connectivity index (χ0v) is 20.0. The van der Waals surface area contributed by atoms with Gasteiger partial charge in [-0.15, -0.1) is 0 Å². The number of nitrogens with zero attached hydrogens (tertiary/aromatic N) is 1. The van der Waals surface area contributed by atoms with E-state index in [1.807, 2.05) is 6.07 Å². The monoisotopic (exact) mass is 472 g/mol. The quantitative estimate of drug-likeness (QED) is 0.469. The van der Waals surface area contributed by atoms with Crippen molar-refractivity contribution in [1.82, 2.24) is 4.90 Å². The predicted octanol–water partition coefficient (Wildman–Crippen LogP) is 5.90. The highest BCUT2D eigenvalue weighted by molar-refractivity contribution is 6.14. The number of anilines is 1. The summed E-state index contributed by atoms with van der Waals surface area (Å²) < 4.78 is 18.9. The Hall–Kier alpha value is -3.51.